The molecule has 0 radical (unpaired) electrons. The van der Waals surface area contributed by atoms with Gasteiger partial charge in [-0.15, -0.1) is 0 Å². The lowest BCUT2D eigenvalue weighted by atomic mass is 9.90. The van der Waals surface area contributed by atoms with Gasteiger partial charge >= 0.3 is 0 Å². The highest BCUT2D eigenvalue weighted by molar-refractivity contribution is 7.89. The number of hydrogen-bond acceptors (Lipinski definition) is 5. The Labute approximate surface area is 203 Å². The number of carbonyl (C=O) groups excluding carboxylic acids is 1. The van der Waals surface area contributed by atoms with Crippen LogP contribution in [0.15, 0.2) is 41.3 Å². The molecule has 0 bridgehead atoms. The molecule has 34 heavy (non-hydrogen) atoms. The van der Waals surface area contributed by atoms with Crippen molar-refractivity contribution in [2.75, 3.05) is 49.6 Å². The lowest BCUT2D eigenvalue weighted by Crippen LogP contribution is -2.37. The zero-order chi connectivity index (χ0) is 24.1. The van der Waals surface area contributed by atoms with Gasteiger partial charge in [0.15, 0.2) is 0 Å². The normalized spacial score (nSPS) is 16.4. The molecule has 2 aromatic rings. The van der Waals surface area contributed by atoms with Crippen LogP contribution in [0.1, 0.15) is 43.4 Å². The van der Waals surface area contributed by atoms with Crippen LogP contribution in [-0.2, 0) is 38.8 Å². The molecule has 4 rings (SSSR count). The predicted molar refractivity (Wildman–Crippen MR) is 135 cm³/mol. The summed E-state index contributed by atoms with van der Waals surface area (Å²) in [6, 6.07) is 11.4. The van der Waals surface area contributed by atoms with Gasteiger partial charge in [0.1, 0.15) is 0 Å². The van der Waals surface area contributed by atoms with Gasteiger partial charge < -0.3 is 15.0 Å². The molecular formula is C26H35N3O4S. The zero-order valence-electron chi connectivity index (χ0n) is 20.2. The van der Waals surface area contributed by atoms with Crippen LogP contribution < -0.4 is 10.2 Å². The number of anilines is 2. The van der Waals surface area contributed by atoms with E-state index in [9.17, 15) is 13.2 Å². The molecule has 184 valence electrons. The summed E-state index contributed by atoms with van der Waals surface area (Å²) in [4.78, 5) is 15.4. The Kier molecular flexibility index (Phi) is 7.91. The second-order valence-corrected chi connectivity index (χ2v) is 10.8. The average Bonchev–Trinajstić information content (AvgIpc) is 2.85. The van der Waals surface area contributed by atoms with Crippen LogP contribution >= 0.6 is 0 Å². The molecule has 1 fully saturated rings. The van der Waals surface area contributed by atoms with Crippen LogP contribution in [0.4, 0.5) is 11.4 Å². The van der Waals surface area contributed by atoms with Crippen LogP contribution in [0.2, 0.25) is 0 Å². The Morgan fingerprint density at radius 2 is 1.71 bits per heavy atom. The third-order valence-corrected chi connectivity index (χ3v) is 8.76. The highest BCUT2D eigenvalue weighted by Crippen LogP contribution is 2.31. The van der Waals surface area contributed by atoms with E-state index in [0.29, 0.717) is 45.1 Å². The van der Waals surface area contributed by atoms with Gasteiger partial charge in [-0.1, -0.05) is 32.0 Å². The van der Waals surface area contributed by atoms with Gasteiger partial charge in [-0.25, -0.2) is 8.42 Å². The summed E-state index contributed by atoms with van der Waals surface area (Å²) in [7, 11) is -3.64. The molecule has 7 nitrogen and oxygen atoms in total. The second kappa shape index (κ2) is 10.9. The lowest BCUT2D eigenvalue weighted by Gasteiger charge is -2.31. The molecule has 8 heteroatoms. The number of fused-ring (bicyclic) bond motifs is 1. The minimum absolute atomic E-state index is 0.150. The van der Waals surface area contributed by atoms with E-state index in [-0.39, 0.29) is 17.2 Å². The Hall–Kier alpha value is -2.42. The number of nitrogens with one attached hydrogen (secondary N) is 1. The number of hydrogen-bond donors (Lipinski definition) is 1. The Balaban J connectivity index is 1.60. The van der Waals surface area contributed by atoms with Crippen molar-refractivity contribution >= 4 is 27.3 Å². The molecule has 1 amide bonds. The van der Waals surface area contributed by atoms with E-state index in [0.717, 1.165) is 24.1 Å². The molecule has 1 aliphatic carbocycles. The summed E-state index contributed by atoms with van der Waals surface area (Å²) < 4.78 is 33.2. The third-order valence-electron chi connectivity index (χ3n) is 6.71. The van der Waals surface area contributed by atoms with E-state index < -0.39 is 10.0 Å². The van der Waals surface area contributed by atoms with Crippen LogP contribution in [-0.4, -0.2) is 58.0 Å². The molecule has 0 saturated carbocycles. The number of carbonyl (C=O) groups is 1. The summed E-state index contributed by atoms with van der Waals surface area (Å²) in [5.74, 6) is -0.150. The van der Waals surface area contributed by atoms with Crippen LogP contribution in [0, 0.1) is 0 Å². The van der Waals surface area contributed by atoms with Crippen molar-refractivity contribution in [2.24, 2.45) is 0 Å². The maximum atomic E-state index is 13.1. The van der Waals surface area contributed by atoms with Crippen LogP contribution in [0.5, 0.6) is 0 Å². The SMILES string of the molecule is CCN(CC)S(=O)(=O)c1ccc(N2CCOCC2)c(NC(=O)Cc2ccc3c(c2)CCCC3)c1. The lowest BCUT2D eigenvalue weighted by molar-refractivity contribution is -0.115. The monoisotopic (exact) mass is 485 g/mol. The topological polar surface area (TPSA) is 79.0 Å². The molecule has 2 aromatic carbocycles. The van der Waals surface area contributed by atoms with Gasteiger partial charge in [0, 0.05) is 26.2 Å². The van der Waals surface area contributed by atoms with Crippen LogP contribution in [0.3, 0.4) is 0 Å². The van der Waals surface area contributed by atoms with Gasteiger partial charge in [0.25, 0.3) is 0 Å². The summed E-state index contributed by atoms with van der Waals surface area (Å²) in [5, 5.41) is 3.02. The number of benzene rings is 2. The standard InChI is InChI=1S/C26H35N3O4S/c1-3-29(4-2)34(31,32)23-11-12-25(28-13-15-33-16-14-28)24(19-23)27-26(30)18-20-9-10-21-7-5-6-8-22(21)17-20/h9-12,17,19H,3-8,13-16,18H2,1-2H3,(H,27,30). The number of ether oxygens (including phenoxy) is 1. The summed E-state index contributed by atoms with van der Waals surface area (Å²) in [5.41, 5.74) is 5.06. The first kappa shape index (κ1) is 24.7. The van der Waals surface area contributed by atoms with Gasteiger partial charge in [0.05, 0.1) is 35.9 Å². The van der Waals surface area contributed by atoms with Crippen molar-refractivity contribution in [3.8, 4) is 0 Å². The van der Waals surface area contributed by atoms with Crippen LogP contribution in [0.25, 0.3) is 0 Å². The van der Waals surface area contributed by atoms with E-state index in [1.165, 1.54) is 28.3 Å². The Morgan fingerprint density at radius 3 is 2.41 bits per heavy atom. The third kappa shape index (κ3) is 5.45. The molecule has 0 spiro atoms. The minimum atomic E-state index is -3.64. The first-order valence-corrected chi connectivity index (χ1v) is 13.7. The number of nitrogens with zero attached hydrogens (tertiary/aromatic N) is 2. The zero-order valence-corrected chi connectivity index (χ0v) is 21.0. The molecule has 2 aliphatic rings. The molecule has 0 unspecified atom stereocenters. The van der Waals surface area contributed by atoms with E-state index in [1.54, 1.807) is 18.2 Å². The fourth-order valence-corrected chi connectivity index (χ4v) is 6.33. The maximum Gasteiger partial charge on any atom is 0.243 e. The van der Waals surface area contributed by atoms with E-state index in [2.05, 4.69) is 22.3 Å². The highest BCUT2D eigenvalue weighted by atomic mass is 32.2. The summed E-state index contributed by atoms with van der Waals surface area (Å²) in [6.45, 7) is 7.01. The molecule has 1 N–H and O–H groups in total. The maximum absolute atomic E-state index is 13.1. The Morgan fingerprint density at radius 1 is 1.00 bits per heavy atom. The van der Waals surface area contributed by atoms with E-state index >= 15 is 0 Å². The number of rotatable bonds is 8. The number of amides is 1. The van der Waals surface area contributed by atoms with Gasteiger partial charge in [-0.3, -0.25) is 4.79 Å². The van der Waals surface area contributed by atoms with Crippen molar-refractivity contribution in [3.05, 3.63) is 53.1 Å². The summed E-state index contributed by atoms with van der Waals surface area (Å²) in [6.07, 6.45) is 4.85. The summed E-state index contributed by atoms with van der Waals surface area (Å²) >= 11 is 0. The first-order chi connectivity index (χ1) is 16.4. The Bertz CT molecular complexity index is 1120. The molecule has 1 aliphatic heterocycles. The smallest absolute Gasteiger partial charge is 0.243 e. The number of aryl methyl sites for hydroxylation is 2. The van der Waals surface area contributed by atoms with Crippen molar-refractivity contribution in [2.45, 2.75) is 50.8 Å². The first-order valence-electron chi connectivity index (χ1n) is 12.3. The largest absolute Gasteiger partial charge is 0.378 e. The van der Waals surface area contributed by atoms with E-state index in [4.69, 9.17) is 4.74 Å². The van der Waals surface area contributed by atoms with Crippen molar-refractivity contribution < 1.29 is 17.9 Å². The van der Waals surface area contributed by atoms with Gasteiger partial charge in [0.2, 0.25) is 15.9 Å². The van der Waals surface area contributed by atoms with Crippen molar-refractivity contribution in [1.29, 1.82) is 0 Å². The quantitative estimate of drug-likeness (QED) is 0.618. The number of sulfonamides is 1. The van der Waals surface area contributed by atoms with Crippen molar-refractivity contribution in [1.82, 2.24) is 4.31 Å². The number of morpholine rings is 1. The molecule has 0 atom stereocenters. The average molecular weight is 486 g/mol. The second-order valence-electron chi connectivity index (χ2n) is 8.90. The molecule has 1 saturated heterocycles. The fraction of sp³-hybridized carbons (Fsp3) is 0.500. The van der Waals surface area contributed by atoms with E-state index in [1.807, 2.05) is 19.9 Å². The predicted octanol–water partition coefficient (Wildman–Crippen LogP) is 3.61. The van der Waals surface area contributed by atoms with Gasteiger partial charge in [-0.05, 0) is 60.6 Å². The van der Waals surface area contributed by atoms with Crippen molar-refractivity contribution in [3.63, 3.8) is 0 Å². The minimum Gasteiger partial charge on any atom is -0.378 e. The molecule has 1 heterocycles. The highest BCUT2D eigenvalue weighted by Gasteiger charge is 2.25. The molecule has 0 aromatic heterocycles. The van der Waals surface area contributed by atoms with Gasteiger partial charge in [-0.2, -0.15) is 4.31 Å². The molecular weight excluding hydrogens is 450 g/mol. The fourth-order valence-electron chi connectivity index (χ4n) is 4.84.